The lowest BCUT2D eigenvalue weighted by atomic mass is 10.0. The predicted octanol–water partition coefficient (Wildman–Crippen LogP) is 3.52. The van der Waals surface area contributed by atoms with Crippen LogP contribution in [0.1, 0.15) is 59.8 Å². The van der Waals surface area contributed by atoms with E-state index in [1.165, 1.54) is 51.7 Å². The molecule has 1 fully saturated rings. The number of hydrogen-bond donors (Lipinski definition) is 1. The molecule has 0 bridgehead atoms. The van der Waals surface area contributed by atoms with Gasteiger partial charge in [0, 0.05) is 19.1 Å². The van der Waals surface area contributed by atoms with Gasteiger partial charge in [-0.05, 0) is 64.0 Å². The van der Waals surface area contributed by atoms with Gasteiger partial charge in [-0.2, -0.15) is 0 Å². The predicted molar refractivity (Wildman–Crippen MR) is 81.0 cm³/mol. The van der Waals surface area contributed by atoms with Crippen molar-refractivity contribution in [3.05, 3.63) is 0 Å². The van der Waals surface area contributed by atoms with Gasteiger partial charge in [-0.15, -0.1) is 0 Å². The lowest BCUT2D eigenvalue weighted by Crippen LogP contribution is -2.36. The molecule has 0 amide bonds. The van der Waals surface area contributed by atoms with Gasteiger partial charge in [-0.3, -0.25) is 0 Å². The normalized spacial score (nSPS) is 24.2. The molecule has 2 heteroatoms. The second kappa shape index (κ2) is 8.92. The summed E-state index contributed by atoms with van der Waals surface area (Å²) in [6.07, 6.45) is 6.87. The summed E-state index contributed by atoms with van der Waals surface area (Å²) in [4.78, 5) is 2.64. The Labute approximate surface area is 115 Å². The van der Waals surface area contributed by atoms with Crippen LogP contribution in [0.15, 0.2) is 0 Å². The quantitative estimate of drug-likeness (QED) is 0.748. The number of nitrogens with zero attached hydrogens (tertiary/aromatic N) is 1. The Kier molecular flexibility index (Phi) is 7.92. The molecule has 1 heterocycles. The van der Waals surface area contributed by atoms with E-state index in [0.717, 1.165) is 18.4 Å². The van der Waals surface area contributed by atoms with Gasteiger partial charge < -0.3 is 10.2 Å². The van der Waals surface area contributed by atoms with Gasteiger partial charge in [0.1, 0.15) is 0 Å². The second-order valence-corrected chi connectivity index (χ2v) is 6.70. The van der Waals surface area contributed by atoms with Crippen molar-refractivity contribution in [3.63, 3.8) is 0 Å². The van der Waals surface area contributed by atoms with E-state index in [9.17, 15) is 0 Å². The highest BCUT2D eigenvalue weighted by atomic mass is 15.1. The summed E-state index contributed by atoms with van der Waals surface area (Å²) < 4.78 is 0. The summed E-state index contributed by atoms with van der Waals surface area (Å²) in [7, 11) is 0. The van der Waals surface area contributed by atoms with Crippen molar-refractivity contribution >= 4 is 0 Å². The van der Waals surface area contributed by atoms with Crippen LogP contribution in [0.25, 0.3) is 0 Å². The van der Waals surface area contributed by atoms with Crippen LogP contribution in [-0.2, 0) is 0 Å². The van der Waals surface area contributed by atoms with Crippen LogP contribution in [0.2, 0.25) is 0 Å². The fourth-order valence-electron chi connectivity index (χ4n) is 2.70. The first-order chi connectivity index (χ1) is 8.58. The van der Waals surface area contributed by atoms with Gasteiger partial charge in [-0.25, -0.2) is 0 Å². The van der Waals surface area contributed by atoms with Crippen molar-refractivity contribution < 1.29 is 0 Å². The molecule has 1 aliphatic rings. The Morgan fingerprint density at radius 2 is 1.89 bits per heavy atom. The lowest BCUT2D eigenvalue weighted by Gasteiger charge is -2.22. The minimum atomic E-state index is 0.679. The third kappa shape index (κ3) is 7.38. The maximum Gasteiger partial charge on any atom is 0.0107 e. The van der Waals surface area contributed by atoms with Gasteiger partial charge in [0.2, 0.25) is 0 Å². The summed E-state index contributed by atoms with van der Waals surface area (Å²) in [6.45, 7) is 14.4. The molecule has 2 atom stereocenters. The van der Waals surface area contributed by atoms with Crippen LogP contribution >= 0.6 is 0 Å². The van der Waals surface area contributed by atoms with E-state index in [0.29, 0.717) is 6.04 Å². The molecule has 0 radical (unpaired) electrons. The summed E-state index contributed by atoms with van der Waals surface area (Å²) in [6, 6.07) is 0.679. The van der Waals surface area contributed by atoms with Crippen LogP contribution in [0.5, 0.6) is 0 Å². The zero-order chi connectivity index (χ0) is 13.4. The minimum Gasteiger partial charge on any atom is -0.313 e. The molecule has 1 rings (SSSR count). The molecular weight excluding hydrogens is 220 g/mol. The largest absolute Gasteiger partial charge is 0.313 e. The van der Waals surface area contributed by atoms with Crippen LogP contribution in [0.4, 0.5) is 0 Å². The number of nitrogens with one attached hydrogen (secondary N) is 1. The highest BCUT2D eigenvalue weighted by molar-refractivity contribution is 4.69. The Hall–Kier alpha value is -0.0800. The third-order valence-corrected chi connectivity index (χ3v) is 4.21. The fraction of sp³-hybridized carbons (Fsp3) is 1.00. The molecule has 0 spiro atoms. The standard InChI is InChI=1S/C16H34N2/c1-14(2)7-8-16(4)17-10-13-18-11-5-6-15(3)9-12-18/h14-17H,5-13H2,1-4H3. The molecule has 2 unspecified atom stereocenters. The lowest BCUT2D eigenvalue weighted by molar-refractivity contribution is 0.275. The van der Waals surface area contributed by atoms with E-state index in [2.05, 4.69) is 37.9 Å². The minimum absolute atomic E-state index is 0.679. The molecule has 1 N–H and O–H groups in total. The van der Waals surface area contributed by atoms with E-state index in [-0.39, 0.29) is 0 Å². The number of hydrogen-bond acceptors (Lipinski definition) is 2. The second-order valence-electron chi connectivity index (χ2n) is 6.70. The van der Waals surface area contributed by atoms with Gasteiger partial charge in [0.25, 0.3) is 0 Å². The Bertz CT molecular complexity index is 203. The Balaban J connectivity index is 2.05. The first-order valence-corrected chi connectivity index (χ1v) is 8.03. The maximum absolute atomic E-state index is 3.68. The average Bonchev–Trinajstić information content (AvgIpc) is 2.52. The van der Waals surface area contributed by atoms with Gasteiger partial charge in [0.15, 0.2) is 0 Å². The highest BCUT2D eigenvalue weighted by Crippen LogP contribution is 2.15. The first kappa shape index (κ1) is 16.0. The monoisotopic (exact) mass is 254 g/mol. The molecule has 18 heavy (non-hydrogen) atoms. The smallest absolute Gasteiger partial charge is 0.0107 e. The molecule has 0 aromatic carbocycles. The van der Waals surface area contributed by atoms with E-state index in [1.807, 2.05) is 0 Å². The highest BCUT2D eigenvalue weighted by Gasteiger charge is 2.13. The van der Waals surface area contributed by atoms with Crippen molar-refractivity contribution in [1.29, 1.82) is 0 Å². The van der Waals surface area contributed by atoms with Crippen LogP contribution < -0.4 is 5.32 Å². The zero-order valence-corrected chi connectivity index (χ0v) is 13.0. The van der Waals surface area contributed by atoms with Crippen molar-refractivity contribution in [1.82, 2.24) is 10.2 Å². The van der Waals surface area contributed by atoms with Crippen molar-refractivity contribution in [2.75, 3.05) is 26.2 Å². The van der Waals surface area contributed by atoms with Gasteiger partial charge in [-0.1, -0.05) is 20.8 Å². The summed E-state index contributed by atoms with van der Waals surface area (Å²) in [5.41, 5.74) is 0. The number of rotatable bonds is 7. The summed E-state index contributed by atoms with van der Waals surface area (Å²) >= 11 is 0. The fourth-order valence-corrected chi connectivity index (χ4v) is 2.70. The van der Waals surface area contributed by atoms with Crippen molar-refractivity contribution in [2.45, 2.75) is 65.8 Å². The van der Waals surface area contributed by atoms with Crippen LogP contribution in [0.3, 0.4) is 0 Å². The number of likely N-dealkylation sites (tertiary alicyclic amines) is 1. The first-order valence-electron chi connectivity index (χ1n) is 8.03. The zero-order valence-electron chi connectivity index (χ0n) is 13.0. The Morgan fingerprint density at radius 3 is 2.61 bits per heavy atom. The average molecular weight is 254 g/mol. The van der Waals surface area contributed by atoms with E-state index < -0.39 is 0 Å². The van der Waals surface area contributed by atoms with E-state index >= 15 is 0 Å². The molecule has 0 saturated carbocycles. The SMILES string of the molecule is CC(C)CCC(C)NCCN1CCCC(C)CC1. The van der Waals surface area contributed by atoms with E-state index in [4.69, 9.17) is 0 Å². The molecule has 0 aliphatic carbocycles. The molecule has 0 aromatic heterocycles. The van der Waals surface area contributed by atoms with Crippen LogP contribution in [0, 0.1) is 11.8 Å². The molecular formula is C16H34N2. The topological polar surface area (TPSA) is 15.3 Å². The van der Waals surface area contributed by atoms with Crippen molar-refractivity contribution in [2.24, 2.45) is 11.8 Å². The molecule has 2 nitrogen and oxygen atoms in total. The van der Waals surface area contributed by atoms with Crippen LogP contribution in [-0.4, -0.2) is 37.1 Å². The Morgan fingerprint density at radius 1 is 1.11 bits per heavy atom. The molecule has 1 saturated heterocycles. The third-order valence-electron chi connectivity index (χ3n) is 4.21. The van der Waals surface area contributed by atoms with E-state index in [1.54, 1.807) is 0 Å². The summed E-state index contributed by atoms with van der Waals surface area (Å²) in [5, 5.41) is 3.68. The van der Waals surface area contributed by atoms with Crippen molar-refractivity contribution in [3.8, 4) is 0 Å². The molecule has 0 aromatic rings. The van der Waals surface area contributed by atoms with Gasteiger partial charge in [0.05, 0.1) is 0 Å². The molecule has 108 valence electrons. The van der Waals surface area contributed by atoms with Gasteiger partial charge >= 0.3 is 0 Å². The maximum atomic E-state index is 3.68. The molecule has 1 aliphatic heterocycles. The summed E-state index contributed by atoms with van der Waals surface area (Å²) in [5.74, 6) is 1.77.